The highest BCUT2D eigenvalue weighted by molar-refractivity contribution is 7.89. The lowest BCUT2D eigenvalue weighted by molar-refractivity contribution is -0.117. The van der Waals surface area contributed by atoms with E-state index in [4.69, 9.17) is 4.74 Å². The van der Waals surface area contributed by atoms with Crippen LogP contribution in [0.5, 0.6) is 5.75 Å². The zero-order valence-electron chi connectivity index (χ0n) is 11.5. The summed E-state index contributed by atoms with van der Waals surface area (Å²) < 4.78 is 30.8. The predicted molar refractivity (Wildman–Crippen MR) is 76.3 cm³/mol. The van der Waals surface area contributed by atoms with Crippen molar-refractivity contribution in [1.82, 2.24) is 4.72 Å². The molecule has 1 saturated heterocycles. The fourth-order valence-corrected chi connectivity index (χ4v) is 2.98. The van der Waals surface area contributed by atoms with Gasteiger partial charge in [-0.2, -0.15) is 0 Å². The van der Waals surface area contributed by atoms with E-state index >= 15 is 0 Å². The topological polar surface area (TPSA) is 75.7 Å². The molecule has 20 heavy (non-hydrogen) atoms. The Labute approximate surface area is 118 Å². The van der Waals surface area contributed by atoms with Crippen molar-refractivity contribution in [3.8, 4) is 5.75 Å². The average molecular weight is 298 g/mol. The van der Waals surface area contributed by atoms with Gasteiger partial charge in [-0.15, -0.1) is 0 Å². The first-order valence-corrected chi connectivity index (χ1v) is 8.05. The molecule has 0 spiro atoms. The summed E-state index contributed by atoms with van der Waals surface area (Å²) in [6.07, 6.45) is 0.177. The van der Waals surface area contributed by atoms with Crippen LogP contribution in [0, 0.1) is 0 Å². The molecule has 7 heteroatoms. The molecule has 1 unspecified atom stereocenters. The summed E-state index contributed by atoms with van der Waals surface area (Å²) in [5.74, 6) is 0.576. The van der Waals surface area contributed by atoms with Gasteiger partial charge in [-0.3, -0.25) is 4.79 Å². The molecule has 2 rings (SSSR count). The van der Waals surface area contributed by atoms with Crippen molar-refractivity contribution < 1.29 is 17.9 Å². The maximum atomic E-state index is 12.0. The maximum Gasteiger partial charge on any atom is 0.228 e. The fraction of sp³-hybridized carbons (Fsp3) is 0.462. The molecule has 1 atom stereocenters. The van der Waals surface area contributed by atoms with Crippen molar-refractivity contribution in [2.24, 2.45) is 0 Å². The number of amides is 1. The second-order valence-electron chi connectivity index (χ2n) is 4.63. The van der Waals surface area contributed by atoms with Gasteiger partial charge in [0.25, 0.3) is 0 Å². The Morgan fingerprint density at radius 3 is 2.85 bits per heavy atom. The summed E-state index contributed by atoms with van der Waals surface area (Å²) in [6.45, 7) is 1.91. The van der Waals surface area contributed by atoms with E-state index in [-0.39, 0.29) is 24.1 Å². The molecule has 1 aliphatic heterocycles. The Morgan fingerprint density at radius 1 is 1.45 bits per heavy atom. The number of hydrogen-bond donors (Lipinski definition) is 1. The molecule has 0 bridgehead atoms. The first kappa shape index (κ1) is 14.8. The van der Waals surface area contributed by atoms with Crippen molar-refractivity contribution in [1.29, 1.82) is 0 Å². The van der Waals surface area contributed by atoms with Gasteiger partial charge in [-0.05, 0) is 19.1 Å². The number of sulfonamides is 1. The summed E-state index contributed by atoms with van der Waals surface area (Å²) in [5.41, 5.74) is 0.715. The maximum absolute atomic E-state index is 12.0. The van der Waals surface area contributed by atoms with Crippen molar-refractivity contribution in [3.05, 3.63) is 24.3 Å². The third kappa shape index (κ3) is 3.29. The number of carbonyl (C=O) groups excluding carboxylic acids is 1. The number of carbonyl (C=O) groups is 1. The van der Waals surface area contributed by atoms with Crippen LogP contribution in [-0.2, 0) is 14.8 Å². The zero-order valence-corrected chi connectivity index (χ0v) is 12.3. The van der Waals surface area contributed by atoms with Crippen LogP contribution in [0.1, 0.15) is 13.3 Å². The van der Waals surface area contributed by atoms with Gasteiger partial charge in [0.05, 0.1) is 12.9 Å². The van der Waals surface area contributed by atoms with Crippen molar-refractivity contribution >= 4 is 21.6 Å². The van der Waals surface area contributed by atoms with Crippen LogP contribution in [-0.4, -0.2) is 39.8 Å². The number of nitrogens with zero attached hydrogens (tertiary/aromatic N) is 1. The van der Waals surface area contributed by atoms with E-state index in [2.05, 4.69) is 4.72 Å². The summed E-state index contributed by atoms with van der Waals surface area (Å²) in [5, 5.41) is 0. The normalized spacial score (nSPS) is 19.4. The minimum Gasteiger partial charge on any atom is -0.497 e. The fourth-order valence-electron chi connectivity index (χ4n) is 2.15. The van der Waals surface area contributed by atoms with Crippen LogP contribution < -0.4 is 14.4 Å². The molecule has 110 valence electrons. The number of benzene rings is 1. The minimum atomic E-state index is -3.30. The third-order valence-corrected chi connectivity index (χ3v) is 4.67. The first-order valence-electron chi connectivity index (χ1n) is 6.39. The number of rotatable bonds is 5. The Balaban J connectivity index is 2.13. The van der Waals surface area contributed by atoms with Crippen LogP contribution >= 0.6 is 0 Å². The molecule has 1 N–H and O–H groups in total. The van der Waals surface area contributed by atoms with Gasteiger partial charge < -0.3 is 9.64 Å². The Bertz CT molecular complexity index is 600. The Morgan fingerprint density at radius 2 is 2.20 bits per heavy atom. The molecule has 1 aliphatic rings. The van der Waals surface area contributed by atoms with E-state index in [0.29, 0.717) is 18.0 Å². The van der Waals surface area contributed by atoms with E-state index in [1.165, 1.54) is 0 Å². The molecular formula is C13H18N2O4S. The third-order valence-electron chi connectivity index (χ3n) is 3.22. The van der Waals surface area contributed by atoms with E-state index in [0.717, 1.165) is 0 Å². The molecule has 1 aromatic rings. The summed E-state index contributed by atoms with van der Waals surface area (Å²) in [6, 6.07) is 6.77. The van der Waals surface area contributed by atoms with Gasteiger partial charge in [0.1, 0.15) is 5.75 Å². The number of methoxy groups -OCH3 is 1. The molecule has 0 aliphatic carbocycles. The second kappa shape index (κ2) is 5.80. The largest absolute Gasteiger partial charge is 0.497 e. The van der Waals surface area contributed by atoms with Crippen LogP contribution in [0.2, 0.25) is 0 Å². The standard InChI is InChI=1S/C13H18N2O4S/c1-3-20(17,18)14-10-7-13(16)15(9-10)11-5-4-6-12(8-11)19-2/h4-6,8,10,14H,3,7,9H2,1-2H3. The molecule has 1 amide bonds. The van der Waals surface area contributed by atoms with Crippen molar-refractivity contribution in [3.63, 3.8) is 0 Å². The molecule has 1 heterocycles. The molecule has 1 aromatic carbocycles. The summed E-state index contributed by atoms with van der Waals surface area (Å²) >= 11 is 0. The number of nitrogens with one attached hydrogen (secondary N) is 1. The highest BCUT2D eigenvalue weighted by atomic mass is 32.2. The summed E-state index contributed by atoms with van der Waals surface area (Å²) in [7, 11) is -1.74. The van der Waals surface area contributed by atoms with E-state index < -0.39 is 10.0 Å². The average Bonchev–Trinajstić information content (AvgIpc) is 2.79. The highest BCUT2D eigenvalue weighted by Crippen LogP contribution is 2.25. The van der Waals surface area contributed by atoms with Gasteiger partial charge in [0.15, 0.2) is 0 Å². The van der Waals surface area contributed by atoms with E-state index in [1.54, 1.807) is 43.2 Å². The van der Waals surface area contributed by atoms with Crippen LogP contribution in [0.4, 0.5) is 5.69 Å². The molecule has 0 saturated carbocycles. The molecular weight excluding hydrogens is 280 g/mol. The number of ether oxygens (including phenoxy) is 1. The predicted octanol–water partition coefficient (Wildman–Crippen LogP) is 0.740. The van der Waals surface area contributed by atoms with Gasteiger partial charge in [-0.1, -0.05) is 6.07 Å². The molecule has 6 nitrogen and oxygen atoms in total. The number of anilines is 1. The number of hydrogen-bond acceptors (Lipinski definition) is 4. The van der Waals surface area contributed by atoms with Gasteiger partial charge >= 0.3 is 0 Å². The zero-order chi connectivity index (χ0) is 14.8. The van der Waals surface area contributed by atoms with Crippen LogP contribution in [0.25, 0.3) is 0 Å². The van der Waals surface area contributed by atoms with E-state index in [9.17, 15) is 13.2 Å². The highest BCUT2D eigenvalue weighted by Gasteiger charge is 2.32. The van der Waals surface area contributed by atoms with Gasteiger partial charge in [0.2, 0.25) is 15.9 Å². The molecule has 0 aromatic heterocycles. The summed E-state index contributed by atoms with van der Waals surface area (Å²) in [4.78, 5) is 13.6. The van der Waals surface area contributed by atoms with Crippen LogP contribution in [0.3, 0.4) is 0 Å². The quantitative estimate of drug-likeness (QED) is 0.870. The van der Waals surface area contributed by atoms with Gasteiger partial charge in [0, 0.05) is 30.8 Å². The SMILES string of the molecule is CCS(=O)(=O)NC1CC(=O)N(c2cccc(OC)c2)C1. The lowest BCUT2D eigenvalue weighted by Gasteiger charge is -2.17. The lowest BCUT2D eigenvalue weighted by Crippen LogP contribution is -2.37. The van der Waals surface area contributed by atoms with Crippen LogP contribution in [0.15, 0.2) is 24.3 Å². The Hall–Kier alpha value is -1.60. The lowest BCUT2D eigenvalue weighted by atomic mass is 10.3. The van der Waals surface area contributed by atoms with E-state index in [1.807, 2.05) is 0 Å². The first-order chi connectivity index (χ1) is 9.45. The van der Waals surface area contributed by atoms with Crippen molar-refractivity contribution in [2.45, 2.75) is 19.4 Å². The Kier molecular flexibility index (Phi) is 4.29. The van der Waals surface area contributed by atoms with Crippen molar-refractivity contribution in [2.75, 3.05) is 24.3 Å². The minimum absolute atomic E-state index is 0.0108. The smallest absolute Gasteiger partial charge is 0.228 e. The molecule has 1 fully saturated rings. The monoisotopic (exact) mass is 298 g/mol. The van der Waals surface area contributed by atoms with Gasteiger partial charge in [-0.25, -0.2) is 13.1 Å². The second-order valence-corrected chi connectivity index (χ2v) is 6.67. The molecule has 0 radical (unpaired) electrons.